The number of halogens is 2. The van der Waals surface area contributed by atoms with Crippen LogP contribution in [0.4, 0.5) is 0 Å². The van der Waals surface area contributed by atoms with Crippen molar-refractivity contribution in [3.8, 4) is 0 Å². The maximum absolute atomic E-state index is 12.1. The van der Waals surface area contributed by atoms with Crippen LogP contribution in [-0.2, 0) is 4.79 Å². The van der Waals surface area contributed by atoms with Gasteiger partial charge in [0.1, 0.15) is 0 Å². The first kappa shape index (κ1) is 15.4. The topological polar surface area (TPSA) is 54.4 Å². The van der Waals surface area contributed by atoms with Gasteiger partial charge in [-0.3, -0.25) is 9.59 Å². The molecule has 1 rings (SSSR count). The summed E-state index contributed by atoms with van der Waals surface area (Å²) in [5.74, 6) is -1.09. The van der Waals surface area contributed by atoms with Crippen molar-refractivity contribution in [2.45, 2.75) is 26.7 Å². The Hall–Kier alpha value is -0.680. The van der Waals surface area contributed by atoms with Gasteiger partial charge in [-0.1, -0.05) is 38.8 Å². The number of ketones is 1. The maximum atomic E-state index is 12.1. The minimum absolute atomic E-state index is 0.0103. The molecule has 0 aliphatic rings. The molecule has 0 bridgehead atoms. The molecule has 0 radical (unpaired) electrons. The highest BCUT2D eigenvalue weighted by Crippen LogP contribution is 2.27. The Kier molecular flexibility index (Phi) is 5.53. The number of aliphatic carboxylic acids is 1. The Balaban J connectivity index is 2.85. The van der Waals surface area contributed by atoms with Crippen LogP contribution in [0.2, 0.25) is 0 Å². The molecule has 1 aromatic rings. The lowest BCUT2D eigenvalue weighted by Gasteiger charge is -2.10. The number of carbonyl (C=O) groups is 2. The van der Waals surface area contributed by atoms with Crippen molar-refractivity contribution in [1.82, 2.24) is 0 Å². The molecular formula is C13H14Br2O3. The molecule has 98 valence electrons. The van der Waals surface area contributed by atoms with E-state index in [2.05, 4.69) is 31.9 Å². The van der Waals surface area contributed by atoms with Crippen LogP contribution in [0, 0.1) is 12.8 Å². The van der Waals surface area contributed by atoms with Crippen molar-refractivity contribution in [1.29, 1.82) is 0 Å². The predicted octanol–water partition coefficient (Wildman–Crippen LogP) is 4.20. The van der Waals surface area contributed by atoms with E-state index in [-0.39, 0.29) is 24.5 Å². The first-order valence-corrected chi connectivity index (χ1v) is 7.10. The zero-order chi connectivity index (χ0) is 13.9. The molecule has 1 aromatic carbocycles. The van der Waals surface area contributed by atoms with Gasteiger partial charge in [0.25, 0.3) is 0 Å². The Morgan fingerprint density at radius 1 is 1.22 bits per heavy atom. The molecule has 0 fully saturated rings. The molecule has 3 nitrogen and oxygen atoms in total. The second-order valence-corrected chi connectivity index (χ2v) is 6.12. The van der Waals surface area contributed by atoms with Gasteiger partial charge >= 0.3 is 5.97 Å². The number of hydrogen-bond donors (Lipinski definition) is 1. The Labute approximate surface area is 123 Å². The van der Waals surface area contributed by atoms with Gasteiger partial charge in [-0.25, -0.2) is 0 Å². The number of rotatable bonds is 5. The molecule has 0 spiro atoms. The zero-order valence-electron chi connectivity index (χ0n) is 10.2. The number of carboxylic acid groups (broad SMARTS) is 1. The summed E-state index contributed by atoms with van der Waals surface area (Å²) in [6, 6.07) is 3.65. The van der Waals surface area contributed by atoms with Crippen molar-refractivity contribution in [2.24, 2.45) is 5.92 Å². The summed E-state index contributed by atoms with van der Waals surface area (Å²) in [4.78, 5) is 22.6. The summed E-state index contributed by atoms with van der Waals surface area (Å²) < 4.78 is 1.62. The van der Waals surface area contributed by atoms with E-state index in [1.165, 1.54) is 0 Å². The first-order chi connectivity index (χ1) is 8.31. The van der Waals surface area contributed by atoms with Gasteiger partial charge in [-0.2, -0.15) is 0 Å². The zero-order valence-corrected chi connectivity index (χ0v) is 13.3. The highest BCUT2D eigenvalue weighted by Gasteiger charge is 2.17. The number of hydrogen-bond acceptors (Lipinski definition) is 2. The van der Waals surface area contributed by atoms with E-state index >= 15 is 0 Å². The van der Waals surface area contributed by atoms with E-state index in [4.69, 9.17) is 5.11 Å². The van der Waals surface area contributed by atoms with Crippen LogP contribution >= 0.6 is 31.9 Å². The van der Waals surface area contributed by atoms with Crippen molar-refractivity contribution < 1.29 is 14.7 Å². The molecule has 0 aliphatic heterocycles. The van der Waals surface area contributed by atoms with E-state index in [0.717, 1.165) is 14.5 Å². The molecule has 0 saturated carbocycles. The van der Waals surface area contributed by atoms with Crippen molar-refractivity contribution >= 4 is 43.6 Å². The molecule has 0 heterocycles. The number of benzene rings is 1. The third kappa shape index (κ3) is 4.21. The van der Waals surface area contributed by atoms with Gasteiger partial charge < -0.3 is 5.11 Å². The minimum atomic E-state index is -0.876. The molecule has 1 atom stereocenters. The molecular weight excluding hydrogens is 364 g/mol. The van der Waals surface area contributed by atoms with Crippen LogP contribution in [0.3, 0.4) is 0 Å². The molecule has 1 unspecified atom stereocenters. The number of aryl methyl sites for hydroxylation is 1. The minimum Gasteiger partial charge on any atom is -0.481 e. The van der Waals surface area contributed by atoms with Gasteiger partial charge in [0.05, 0.1) is 0 Å². The SMILES string of the molecule is Cc1cc(Br)c(C(=O)CC(C)CC(=O)O)cc1Br. The molecule has 0 aliphatic carbocycles. The molecule has 0 aromatic heterocycles. The average Bonchev–Trinajstić information content (AvgIpc) is 2.21. The third-order valence-corrected chi connectivity index (χ3v) is 4.12. The summed E-state index contributed by atoms with van der Waals surface area (Å²) >= 11 is 6.75. The Morgan fingerprint density at radius 2 is 1.83 bits per heavy atom. The lowest BCUT2D eigenvalue weighted by Crippen LogP contribution is -2.11. The monoisotopic (exact) mass is 376 g/mol. The standard InChI is InChI=1S/C13H14Br2O3/c1-7(4-13(17)18)3-12(16)9-6-10(14)8(2)5-11(9)15/h5-7H,3-4H2,1-2H3,(H,17,18). The van der Waals surface area contributed by atoms with Crippen LogP contribution in [0.5, 0.6) is 0 Å². The lowest BCUT2D eigenvalue weighted by molar-refractivity contribution is -0.137. The lowest BCUT2D eigenvalue weighted by atomic mass is 9.97. The number of carboxylic acids is 1. The fraction of sp³-hybridized carbons (Fsp3) is 0.385. The fourth-order valence-electron chi connectivity index (χ4n) is 1.66. The van der Waals surface area contributed by atoms with E-state index in [9.17, 15) is 9.59 Å². The summed E-state index contributed by atoms with van der Waals surface area (Å²) in [6.45, 7) is 3.71. The number of Topliss-reactive ketones (excluding diaryl/α,β-unsaturated/α-hetero) is 1. The predicted molar refractivity (Wildman–Crippen MR) is 76.9 cm³/mol. The molecule has 18 heavy (non-hydrogen) atoms. The quantitative estimate of drug-likeness (QED) is 0.782. The largest absolute Gasteiger partial charge is 0.481 e. The highest BCUT2D eigenvalue weighted by atomic mass is 79.9. The van der Waals surface area contributed by atoms with Gasteiger partial charge in [0.2, 0.25) is 0 Å². The van der Waals surface area contributed by atoms with Gasteiger partial charge in [0.15, 0.2) is 5.78 Å². The molecule has 1 N–H and O–H groups in total. The van der Waals surface area contributed by atoms with Gasteiger partial charge in [-0.15, -0.1) is 0 Å². The number of carbonyl (C=O) groups excluding carboxylic acids is 1. The van der Waals surface area contributed by atoms with Crippen molar-refractivity contribution in [3.05, 3.63) is 32.2 Å². The summed E-state index contributed by atoms with van der Waals surface area (Å²) in [6.07, 6.45) is 0.247. The van der Waals surface area contributed by atoms with Crippen molar-refractivity contribution in [3.63, 3.8) is 0 Å². The second-order valence-electron chi connectivity index (χ2n) is 4.41. The molecule has 0 amide bonds. The highest BCUT2D eigenvalue weighted by molar-refractivity contribution is 9.11. The van der Waals surface area contributed by atoms with Crippen LogP contribution in [0.1, 0.15) is 35.7 Å². The van der Waals surface area contributed by atoms with Crippen LogP contribution in [0.15, 0.2) is 21.1 Å². The fourth-order valence-corrected chi connectivity index (χ4v) is 2.68. The normalized spacial score (nSPS) is 12.2. The average molecular weight is 378 g/mol. The van der Waals surface area contributed by atoms with Crippen LogP contribution < -0.4 is 0 Å². The third-order valence-electron chi connectivity index (χ3n) is 2.61. The van der Waals surface area contributed by atoms with E-state index in [0.29, 0.717) is 5.56 Å². The maximum Gasteiger partial charge on any atom is 0.303 e. The Morgan fingerprint density at radius 3 is 2.39 bits per heavy atom. The summed E-state index contributed by atoms with van der Waals surface area (Å²) in [5, 5.41) is 8.67. The summed E-state index contributed by atoms with van der Waals surface area (Å²) in [5.41, 5.74) is 1.63. The molecule has 0 saturated heterocycles. The van der Waals surface area contributed by atoms with Crippen LogP contribution in [-0.4, -0.2) is 16.9 Å². The molecule has 5 heteroatoms. The van der Waals surface area contributed by atoms with E-state index in [1.54, 1.807) is 13.0 Å². The van der Waals surface area contributed by atoms with Crippen LogP contribution in [0.25, 0.3) is 0 Å². The first-order valence-electron chi connectivity index (χ1n) is 5.52. The van der Waals surface area contributed by atoms with E-state index < -0.39 is 5.97 Å². The summed E-state index contributed by atoms with van der Waals surface area (Å²) in [7, 11) is 0. The second kappa shape index (κ2) is 6.48. The Bertz CT molecular complexity index is 483. The van der Waals surface area contributed by atoms with Gasteiger partial charge in [0, 0.05) is 27.4 Å². The van der Waals surface area contributed by atoms with Crippen molar-refractivity contribution in [2.75, 3.05) is 0 Å². The smallest absolute Gasteiger partial charge is 0.303 e. The van der Waals surface area contributed by atoms with Gasteiger partial charge in [-0.05, 0) is 30.5 Å². The van der Waals surface area contributed by atoms with E-state index in [1.807, 2.05) is 13.0 Å².